The lowest BCUT2D eigenvalue weighted by atomic mass is 9.88. The number of amides is 2. The van der Waals surface area contributed by atoms with Crippen molar-refractivity contribution < 1.29 is 14.3 Å². The van der Waals surface area contributed by atoms with Gasteiger partial charge in [-0.25, -0.2) is 4.79 Å². The van der Waals surface area contributed by atoms with Crippen molar-refractivity contribution >= 4 is 23.3 Å². The number of hydrogen-bond donors (Lipinski definition) is 2. The molecule has 1 aliphatic heterocycles. The molecule has 1 fully saturated rings. The Morgan fingerprint density at radius 3 is 2.22 bits per heavy atom. The molecule has 0 bridgehead atoms. The highest BCUT2D eigenvalue weighted by Crippen LogP contribution is 2.32. The summed E-state index contributed by atoms with van der Waals surface area (Å²) in [5.74, 6) is 0.0539. The fourth-order valence-corrected chi connectivity index (χ4v) is 4.06. The van der Waals surface area contributed by atoms with Crippen LogP contribution in [0, 0.1) is 0 Å². The molecule has 0 atom stereocenters. The summed E-state index contributed by atoms with van der Waals surface area (Å²) in [6.45, 7) is 9.37. The van der Waals surface area contributed by atoms with E-state index >= 15 is 0 Å². The highest BCUT2D eigenvalue weighted by Gasteiger charge is 2.17. The number of rotatable bonds is 7. The van der Waals surface area contributed by atoms with Crippen molar-refractivity contribution in [3.63, 3.8) is 0 Å². The number of anilines is 1. The summed E-state index contributed by atoms with van der Waals surface area (Å²) in [6.07, 6.45) is 1.47. The number of carbonyl (C=O) groups excluding carboxylic acids is 2. The van der Waals surface area contributed by atoms with Gasteiger partial charge in [0.15, 0.2) is 0 Å². The van der Waals surface area contributed by atoms with Crippen molar-refractivity contribution in [1.29, 1.82) is 0 Å². The zero-order valence-electron chi connectivity index (χ0n) is 19.2. The maximum Gasteiger partial charge on any atom is 0.411 e. The Balaban J connectivity index is 1.97. The highest BCUT2D eigenvalue weighted by atomic mass is 16.5. The van der Waals surface area contributed by atoms with Crippen molar-refractivity contribution in [3.05, 3.63) is 70.8 Å². The Morgan fingerprint density at radius 2 is 1.59 bits per heavy atom. The number of nitrogens with one attached hydrogen (secondary N) is 2. The fraction of sp³-hybridized carbons (Fsp3) is 0.385. The zero-order chi connectivity index (χ0) is 22.9. The summed E-state index contributed by atoms with van der Waals surface area (Å²) in [4.78, 5) is 26.4. The summed E-state index contributed by atoms with van der Waals surface area (Å²) in [5, 5.41) is 6.21. The van der Waals surface area contributed by atoms with Crippen molar-refractivity contribution in [1.82, 2.24) is 10.2 Å². The van der Waals surface area contributed by atoms with Gasteiger partial charge in [-0.1, -0.05) is 29.8 Å². The van der Waals surface area contributed by atoms with Gasteiger partial charge in [0.1, 0.15) is 0 Å². The number of ether oxygens (including phenoxy) is 1. The molecule has 170 valence electrons. The van der Waals surface area contributed by atoms with E-state index in [9.17, 15) is 9.59 Å². The van der Waals surface area contributed by atoms with E-state index in [-0.39, 0.29) is 5.91 Å². The first-order valence-electron chi connectivity index (χ1n) is 11.4. The topological polar surface area (TPSA) is 70.7 Å². The molecular weight excluding hydrogens is 402 g/mol. The molecule has 32 heavy (non-hydrogen) atoms. The Morgan fingerprint density at radius 1 is 0.938 bits per heavy atom. The molecule has 0 aromatic heterocycles. The minimum atomic E-state index is -0.458. The Labute approximate surface area is 190 Å². The third-order valence-corrected chi connectivity index (χ3v) is 5.70. The van der Waals surface area contributed by atoms with Gasteiger partial charge >= 0.3 is 6.09 Å². The highest BCUT2D eigenvalue weighted by molar-refractivity contribution is 5.95. The number of benzene rings is 2. The second kappa shape index (κ2) is 11.5. The zero-order valence-corrected chi connectivity index (χ0v) is 19.2. The van der Waals surface area contributed by atoms with E-state index in [0.29, 0.717) is 30.9 Å². The van der Waals surface area contributed by atoms with Crippen LogP contribution in [-0.2, 0) is 4.74 Å². The molecule has 0 spiro atoms. The molecule has 0 aliphatic carbocycles. The van der Waals surface area contributed by atoms with Crippen molar-refractivity contribution in [3.8, 4) is 0 Å². The summed E-state index contributed by atoms with van der Waals surface area (Å²) >= 11 is 0. The van der Waals surface area contributed by atoms with Gasteiger partial charge in [-0.2, -0.15) is 0 Å². The molecular formula is C26H33N3O3. The summed E-state index contributed by atoms with van der Waals surface area (Å²) in [6, 6.07) is 15.7. The minimum absolute atomic E-state index is 0.0539. The van der Waals surface area contributed by atoms with Gasteiger partial charge in [-0.05, 0) is 87.7 Å². The first kappa shape index (κ1) is 23.5. The summed E-state index contributed by atoms with van der Waals surface area (Å²) in [5.41, 5.74) is 6.05. The summed E-state index contributed by atoms with van der Waals surface area (Å²) in [7, 11) is 0. The normalized spacial score (nSPS) is 13.4. The summed E-state index contributed by atoms with van der Waals surface area (Å²) < 4.78 is 5.01. The third-order valence-electron chi connectivity index (χ3n) is 5.70. The van der Waals surface area contributed by atoms with Gasteiger partial charge in [0.2, 0.25) is 0 Å². The van der Waals surface area contributed by atoms with E-state index < -0.39 is 6.09 Å². The predicted molar refractivity (Wildman–Crippen MR) is 129 cm³/mol. The molecule has 1 saturated heterocycles. The minimum Gasteiger partial charge on any atom is -0.450 e. The van der Waals surface area contributed by atoms with Crippen LogP contribution >= 0.6 is 0 Å². The van der Waals surface area contributed by atoms with Crippen LogP contribution in [0.25, 0.3) is 5.57 Å². The van der Waals surface area contributed by atoms with E-state index in [4.69, 9.17) is 4.74 Å². The van der Waals surface area contributed by atoms with Crippen molar-refractivity contribution in [2.45, 2.75) is 33.6 Å². The second-order valence-electron chi connectivity index (χ2n) is 7.71. The number of piperidine rings is 1. The number of nitrogens with zero attached hydrogens (tertiary/aromatic N) is 1. The molecule has 2 amide bonds. The fourth-order valence-electron chi connectivity index (χ4n) is 4.06. The Hall–Kier alpha value is -3.12. The van der Waals surface area contributed by atoms with Crippen molar-refractivity contribution in [2.24, 2.45) is 0 Å². The molecule has 2 N–H and O–H groups in total. The lowest BCUT2D eigenvalue weighted by Crippen LogP contribution is -2.30. The SMILES string of the molecule is CCOC(=O)Nc1cccc(C(=C2CCNCC2)c2ccc(C(=O)N(CC)CC)cc2)c1. The molecule has 0 unspecified atom stereocenters. The molecule has 6 heteroatoms. The van der Waals surface area contributed by atoms with Gasteiger partial charge in [0, 0.05) is 24.3 Å². The van der Waals surface area contributed by atoms with E-state index in [1.54, 1.807) is 6.92 Å². The first-order chi connectivity index (χ1) is 15.6. The van der Waals surface area contributed by atoms with E-state index in [1.165, 1.54) is 11.1 Å². The van der Waals surface area contributed by atoms with Crippen LogP contribution in [-0.4, -0.2) is 49.7 Å². The largest absolute Gasteiger partial charge is 0.450 e. The van der Waals surface area contributed by atoms with Crippen LogP contribution in [0.5, 0.6) is 0 Å². The molecule has 0 saturated carbocycles. The molecule has 2 aromatic rings. The number of carbonyl (C=O) groups is 2. The van der Waals surface area contributed by atoms with E-state index in [0.717, 1.165) is 37.1 Å². The van der Waals surface area contributed by atoms with Crippen LogP contribution in [0.1, 0.15) is 55.1 Å². The molecule has 6 nitrogen and oxygen atoms in total. The first-order valence-corrected chi connectivity index (χ1v) is 11.4. The molecule has 1 aliphatic rings. The maximum absolute atomic E-state index is 12.7. The van der Waals surface area contributed by atoms with Gasteiger partial charge in [0.05, 0.1) is 6.61 Å². The average molecular weight is 436 g/mol. The lowest BCUT2D eigenvalue weighted by Gasteiger charge is -2.22. The monoisotopic (exact) mass is 435 g/mol. The standard InChI is InChI=1S/C26H33N3O3/c1-4-29(5-2)25(30)21-12-10-19(11-13-21)24(20-14-16-27-17-15-20)22-8-7-9-23(18-22)28-26(31)32-6-3/h7-13,18,27H,4-6,14-17H2,1-3H3,(H,28,31). The van der Waals surface area contributed by atoms with E-state index in [1.807, 2.05) is 61.2 Å². The second-order valence-corrected chi connectivity index (χ2v) is 7.71. The Kier molecular flexibility index (Phi) is 8.45. The average Bonchev–Trinajstić information content (AvgIpc) is 2.81. The van der Waals surface area contributed by atoms with E-state index in [2.05, 4.69) is 16.7 Å². The molecule has 1 heterocycles. The van der Waals surface area contributed by atoms with Crippen LogP contribution < -0.4 is 10.6 Å². The van der Waals surface area contributed by atoms with Crippen LogP contribution in [0.2, 0.25) is 0 Å². The Bertz CT molecular complexity index is 955. The van der Waals surface area contributed by atoms with Crippen LogP contribution in [0.3, 0.4) is 0 Å². The van der Waals surface area contributed by atoms with Gasteiger partial charge in [0.25, 0.3) is 5.91 Å². The smallest absolute Gasteiger partial charge is 0.411 e. The molecule has 3 rings (SSSR count). The van der Waals surface area contributed by atoms with Gasteiger partial charge in [-0.15, -0.1) is 0 Å². The van der Waals surface area contributed by atoms with Gasteiger partial charge < -0.3 is 15.0 Å². The van der Waals surface area contributed by atoms with Crippen LogP contribution in [0.15, 0.2) is 54.1 Å². The third kappa shape index (κ3) is 5.77. The quantitative estimate of drug-likeness (QED) is 0.647. The van der Waals surface area contributed by atoms with Crippen LogP contribution in [0.4, 0.5) is 10.5 Å². The molecule has 2 aromatic carbocycles. The maximum atomic E-state index is 12.7. The predicted octanol–water partition coefficient (Wildman–Crippen LogP) is 4.92. The van der Waals surface area contributed by atoms with Gasteiger partial charge in [-0.3, -0.25) is 10.1 Å². The van der Waals surface area contributed by atoms with Crippen molar-refractivity contribution in [2.75, 3.05) is 38.1 Å². The number of hydrogen-bond acceptors (Lipinski definition) is 4. The molecule has 0 radical (unpaired) electrons. The lowest BCUT2D eigenvalue weighted by molar-refractivity contribution is 0.0773.